The van der Waals surface area contributed by atoms with Crippen LogP contribution in [0.4, 0.5) is 40.3 Å². The highest BCUT2D eigenvalue weighted by Gasteiger charge is 2.25. The summed E-state index contributed by atoms with van der Waals surface area (Å²) < 4.78 is 161. The normalized spacial score (nSPS) is 12.6. The molecule has 0 spiro atoms. The Hall–Kier alpha value is -6.32. The van der Waals surface area contributed by atoms with Gasteiger partial charge >= 0.3 is 10.4 Å². The number of rotatable bonds is 16. The first kappa shape index (κ1) is 48.1. The van der Waals surface area contributed by atoms with Crippen LogP contribution in [-0.2, 0) is 54.8 Å². The van der Waals surface area contributed by atoms with E-state index in [-0.39, 0.29) is 49.8 Å². The van der Waals surface area contributed by atoms with Gasteiger partial charge in [0.25, 0.3) is 36.3 Å². The molecule has 0 aliphatic heterocycles. The van der Waals surface area contributed by atoms with E-state index in [9.17, 15) is 65.6 Å². The molecule has 8 N–H and O–H groups in total. The van der Waals surface area contributed by atoms with Crippen molar-refractivity contribution in [3.8, 4) is 5.75 Å². The first-order chi connectivity index (χ1) is 30.2. The molecule has 6 aromatic rings. The Bertz CT molecular complexity index is 3510. The van der Waals surface area contributed by atoms with Crippen LogP contribution < -0.4 is 16.0 Å². The lowest BCUT2D eigenvalue weighted by Gasteiger charge is -2.11. The van der Waals surface area contributed by atoms with Crippen LogP contribution in [0, 0.1) is 0 Å². The standard InChI is InChI=1S/C34H27ClN8O17S5/c35-32-39-33(37-20-6-4-18(5-7-20)31(45)36-21-2-1-3-23(16-21)61(46,47)13-12-60-65(57,58)59)41-34(40-32)38-22-8-11-27(63(51,52)53)26(17-22)42-43-29-28(64(54,55)56)15-19-14-24(62(48,49)50)9-10-25(19)30(29)44/h1-11,14-17,44H,12-13H2,(H,36,45)(H,48,49,50)(H,51,52,53)(H,54,55,56)(H,57,58,59)(H2,37,38,39,40,41). The van der Waals surface area contributed by atoms with Gasteiger partial charge in [0, 0.05) is 28.0 Å². The Labute approximate surface area is 372 Å². The molecule has 65 heavy (non-hydrogen) atoms. The second kappa shape index (κ2) is 18.3. The number of hydrogen-bond acceptors (Lipinski definition) is 20. The maximum Gasteiger partial charge on any atom is 0.397 e. The number of halogens is 1. The second-order valence-electron chi connectivity index (χ2n) is 12.9. The van der Waals surface area contributed by atoms with Crippen molar-refractivity contribution in [2.24, 2.45) is 10.2 Å². The zero-order chi connectivity index (χ0) is 47.7. The van der Waals surface area contributed by atoms with E-state index in [0.717, 1.165) is 42.5 Å². The monoisotopic (exact) mass is 1010 g/mol. The number of azo groups is 1. The minimum absolute atomic E-state index is 0.0419. The molecule has 25 nitrogen and oxygen atoms in total. The van der Waals surface area contributed by atoms with E-state index in [2.05, 4.69) is 45.3 Å². The Morgan fingerprint density at radius 2 is 1.28 bits per heavy atom. The van der Waals surface area contributed by atoms with Crippen molar-refractivity contribution < 1.29 is 74.4 Å². The van der Waals surface area contributed by atoms with Gasteiger partial charge < -0.3 is 21.1 Å². The number of phenols is 1. The topological polar surface area (TPSA) is 398 Å². The highest BCUT2D eigenvalue weighted by atomic mass is 35.5. The van der Waals surface area contributed by atoms with E-state index in [0.29, 0.717) is 11.8 Å². The molecule has 1 heterocycles. The number of sulfone groups is 1. The van der Waals surface area contributed by atoms with Crippen LogP contribution in [0.2, 0.25) is 5.28 Å². The SMILES string of the molecule is O=C(Nc1cccc(S(=O)(=O)CCOS(=O)(=O)O)c1)c1ccc(Nc2nc(Cl)nc(Nc3ccc(S(=O)(=O)O)c(N=Nc4c(S(=O)(=O)O)cc5cc(S(=O)(=O)O)ccc5c4O)c3)n2)cc1. The van der Waals surface area contributed by atoms with Crippen molar-refractivity contribution in [1.82, 2.24) is 15.0 Å². The Kier molecular flexibility index (Phi) is 13.5. The third kappa shape index (κ3) is 12.3. The van der Waals surface area contributed by atoms with Crippen LogP contribution >= 0.6 is 11.6 Å². The number of nitrogens with zero attached hydrogens (tertiary/aromatic N) is 5. The number of anilines is 5. The Morgan fingerprint density at radius 3 is 1.89 bits per heavy atom. The summed E-state index contributed by atoms with van der Waals surface area (Å²) in [7, 11) is -24.0. The fraction of sp³-hybridized carbons (Fsp3) is 0.0588. The first-order valence-corrected chi connectivity index (χ1v) is 25.0. The van der Waals surface area contributed by atoms with Gasteiger partial charge in [0.1, 0.15) is 21.2 Å². The fourth-order valence-electron chi connectivity index (χ4n) is 5.54. The van der Waals surface area contributed by atoms with E-state index < -0.39 is 101 Å². The van der Waals surface area contributed by atoms with Crippen LogP contribution in [0.15, 0.2) is 121 Å². The average molecular weight is 1020 g/mol. The summed E-state index contributed by atoms with van der Waals surface area (Å²) in [5.41, 5.74) is -1.13. The molecule has 0 saturated carbocycles. The number of nitrogens with one attached hydrogen (secondary N) is 3. The number of carbonyl (C=O) groups excluding carboxylic acids is 1. The maximum atomic E-state index is 13.0. The van der Waals surface area contributed by atoms with E-state index >= 15 is 0 Å². The molecule has 0 unspecified atom stereocenters. The van der Waals surface area contributed by atoms with Crippen LogP contribution in [0.25, 0.3) is 10.8 Å². The second-order valence-corrected chi connectivity index (χ2v) is 20.6. The third-order valence-corrected chi connectivity index (χ3v) is 13.3. The molecule has 1 aromatic heterocycles. The predicted molar refractivity (Wildman–Crippen MR) is 227 cm³/mol. The molecule has 0 atom stereocenters. The van der Waals surface area contributed by atoms with Gasteiger partial charge in [-0.05, 0) is 102 Å². The summed E-state index contributed by atoms with van der Waals surface area (Å²) in [4.78, 5) is 22.2. The molecular formula is C34H27ClN8O17S5. The minimum atomic E-state index is -5.25. The van der Waals surface area contributed by atoms with Gasteiger partial charge in [-0.25, -0.2) is 12.6 Å². The van der Waals surface area contributed by atoms with Gasteiger partial charge in [-0.15, -0.1) is 10.2 Å². The molecule has 0 fully saturated rings. The van der Waals surface area contributed by atoms with Gasteiger partial charge in [0.15, 0.2) is 15.6 Å². The van der Waals surface area contributed by atoms with Crippen molar-refractivity contribution in [3.05, 3.63) is 102 Å². The fourth-order valence-corrected chi connectivity index (χ4v) is 9.01. The van der Waals surface area contributed by atoms with Gasteiger partial charge in [-0.1, -0.05) is 6.07 Å². The number of hydrogen-bond donors (Lipinski definition) is 8. The lowest BCUT2D eigenvalue weighted by molar-refractivity contribution is 0.102. The van der Waals surface area contributed by atoms with Crippen LogP contribution in [0.1, 0.15) is 10.4 Å². The van der Waals surface area contributed by atoms with E-state index in [1.807, 2.05) is 0 Å². The molecule has 1 amide bonds. The summed E-state index contributed by atoms with van der Waals surface area (Å²) in [5.74, 6) is -2.83. The third-order valence-electron chi connectivity index (χ3n) is 8.40. The predicted octanol–water partition coefficient (Wildman–Crippen LogP) is 4.87. The molecule has 342 valence electrons. The zero-order valence-electron chi connectivity index (χ0n) is 31.9. The first-order valence-electron chi connectivity index (χ1n) is 17.3. The van der Waals surface area contributed by atoms with Gasteiger partial charge in [-0.3, -0.25) is 23.0 Å². The maximum absolute atomic E-state index is 13.0. The number of fused-ring (bicyclic) bond motifs is 1. The van der Waals surface area contributed by atoms with Crippen molar-refractivity contribution >= 4 is 119 Å². The van der Waals surface area contributed by atoms with Crippen LogP contribution in [0.3, 0.4) is 0 Å². The molecule has 0 saturated heterocycles. The van der Waals surface area contributed by atoms with Gasteiger partial charge in [0.05, 0.1) is 22.2 Å². The average Bonchev–Trinajstić information content (AvgIpc) is 3.18. The Morgan fingerprint density at radius 1 is 0.646 bits per heavy atom. The smallest absolute Gasteiger partial charge is 0.397 e. The molecule has 0 radical (unpaired) electrons. The zero-order valence-corrected chi connectivity index (χ0v) is 36.7. The van der Waals surface area contributed by atoms with Gasteiger partial charge in [0.2, 0.25) is 17.2 Å². The van der Waals surface area contributed by atoms with Crippen LogP contribution in [-0.4, -0.2) is 98.6 Å². The summed E-state index contributed by atoms with van der Waals surface area (Å²) in [6, 6.07) is 17.1. The lowest BCUT2D eigenvalue weighted by atomic mass is 10.1. The Balaban J connectivity index is 1.21. The number of aromatic nitrogens is 3. The molecule has 31 heteroatoms. The molecule has 0 aliphatic carbocycles. The van der Waals surface area contributed by atoms with E-state index in [1.54, 1.807) is 0 Å². The van der Waals surface area contributed by atoms with Crippen molar-refractivity contribution in [2.75, 3.05) is 28.3 Å². The van der Waals surface area contributed by atoms with Crippen molar-refractivity contribution in [1.29, 1.82) is 0 Å². The quantitative estimate of drug-likeness (QED) is 0.0473. The lowest BCUT2D eigenvalue weighted by Crippen LogP contribution is -2.16. The number of phenolic OH excluding ortho intramolecular Hbond substituents is 1. The number of amides is 1. The van der Waals surface area contributed by atoms with E-state index in [4.69, 9.17) is 16.2 Å². The van der Waals surface area contributed by atoms with Crippen molar-refractivity contribution in [2.45, 2.75) is 19.6 Å². The highest BCUT2D eigenvalue weighted by Crippen LogP contribution is 2.42. The summed E-state index contributed by atoms with van der Waals surface area (Å²) in [6.07, 6.45) is 0. The largest absolute Gasteiger partial charge is 0.505 e. The summed E-state index contributed by atoms with van der Waals surface area (Å²) >= 11 is 6.13. The summed E-state index contributed by atoms with van der Waals surface area (Å²) in [6.45, 7) is -0.847. The van der Waals surface area contributed by atoms with E-state index in [1.165, 1.54) is 42.5 Å². The number of aromatic hydroxyl groups is 1. The molecule has 5 aromatic carbocycles. The highest BCUT2D eigenvalue weighted by molar-refractivity contribution is 7.91. The van der Waals surface area contributed by atoms with Crippen LogP contribution in [0.5, 0.6) is 5.75 Å². The minimum Gasteiger partial charge on any atom is -0.505 e. The van der Waals surface area contributed by atoms with Gasteiger partial charge in [-0.2, -0.15) is 48.6 Å². The number of carbonyl (C=O) groups is 1. The molecular weight excluding hydrogens is 988 g/mol. The van der Waals surface area contributed by atoms with Crippen molar-refractivity contribution in [3.63, 3.8) is 0 Å². The number of benzene rings is 5. The molecule has 0 bridgehead atoms. The summed E-state index contributed by atoms with van der Waals surface area (Å²) in [5, 5.41) is 25.5. The molecule has 6 rings (SSSR count). The molecule has 0 aliphatic rings.